The second-order valence-electron chi connectivity index (χ2n) is 2.94. The molecular formula is C9H3ClF3NO2. The molecule has 0 N–H and O–H groups in total. The maximum Gasteiger partial charge on any atom is 0.469 e. The van der Waals surface area contributed by atoms with E-state index in [1.54, 1.807) is 0 Å². The van der Waals surface area contributed by atoms with Crippen LogP contribution in [0.15, 0.2) is 27.4 Å². The van der Waals surface area contributed by atoms with Gasteiger partial charge in [-0.25, -0.2) is 9.78 Å². The average Bonchev–Trinajstić information content (AvgIpc) is 2.18. The molecular weight excluding hydrogens is 247 g/mol. The Morgan fingerprint density at radius 1 is 1.31 bits per heavy atom. The number of rotatable bonds is 0. The molecule has 1 aromatic carbocycles. The van der Waals surface area contributed by atoms with Gasteiger partial charge in [-0.05, 0) is 12.1 Å². The quantitative estimate of drug-likeness (QED) is 0.721. The van der Waals surface area contributed by atoms with Crippen molar-refractivity contribution in [3.8, 4) is 0 Å². The third kappa shape index (κ3) is 1.76. The maximum atomic E-state index is 12.3. The molecule has 0 saturated carbocycles. The van der Waals surface area contributed by atoms with Gasteiger partial charge in [-0.1, -0.05) is 17.7 Å². The number of aromatic nitrogens is 1. The SMILES string of the molecule is O=c1oc(C(F)(F)F)nc2c(Cl)cccc12. The molecule has 2 rings (SSSR count). The minimum atomic E-state index is -4.81. The topological polar surface area (TPSA) is 43.1 Å². The fraction of sp³-hybridized carbons (Fsp3) is 0.111. The van der Waals surface area contributed by atoms with Gasteiger partial charge in [-0.2, -0.15) is 13.2 Å². The van der Waals surface area contributed by atoms with E-state index in [2.05, 4.69) is 9.40 Å². The summed E-state index contributed by atoms with van der Waals surface area (Å²) >= 11 is 5.64. The Morgan fingerprint density at radius 3 is 2.62 bits per heavy atom. The van der Waals surface area contributed by atoms with Crippen molar-refractivity contribution in [3.05, 3.63) is 39.5 Å². The molecule has 1 aromatic heterocycles. The first-order valence-electron chi connectivity index (χ1n) is 4.06. The average molecular weight is 250 g/mol. The Balaban J connectivity index is 2.86. The third-order valence-electron chi connectivity index (χ3n) is 1.85. The van der Waals surface area contributed by atoms with Gasteiger partial charge < -0.3 is 4.42 Å². The van der Waals surface area contributed by atoms with E-state index in [9.17, 15) is 18.0 Å². The molecule has 2 aromatic rings. The number of para-hydroxylation sites is 1. The Hall–Kier alpha value is -1.56. The molecule has 7 heteroatoms. The van der Waals surface area contributed by atoms with E-state index >= 15 is 0 Å². The molecule has 84 valence electrons. The van der Waals surface area contributed by atoms with Crippen LogP contribution in [0.3, 0.4) is 0 Å². The maximum absolute atomic E-state index is 12.3. The number of nitrogens with zero attached hydrogens (tertiary/aromatic N) is 1. The van der Waals surface area contributed by atoms with Gasteiger partial charge >= 0.3 is 17.7 Å². The molecule has 16 heavy (non-hydrogen) atoms. The third-order valence-corrected chi connectivity index (χ3v) is 2.16. The van der Waals surface area contributed by atoms with Crippen LogP contribution >= 0.6 is 11.6 Å². The van der Waals surface area contributed by atoms with Gasteiger partial charge in [0.25, 0.3) is 0 Å². The van der Waals surface area contributed by atoms with Crippen molar-refractivity contribution in [2.24, 2.45) is 0 Å². The zero-order valence-corrected chi connectivity index (χ0v) is 8.26. The van der Waals surface area contributed by atoms with Crippen LogP contribution in [0.1, 0.15) is 5.89 Å². The van der Waals surface area contributed by atoms with Crippen LogP contribution in [-0.4, -0.2) is 4.98 Å². The first-order valence-corrected chi connectivity index (χ1v) is 4.44. The summed E-state index contributed by atoms with van der Waals surface area (Å²) in [5, 5.41) is -0.114. The van der Waals surface area contributed by atoms with Crippen molar-refractivity contribution < 1.29 is 17.6 Å². The minimum absolute atomic E-state index is 0.0316. The molecule has 0 aliphatic rings. The molecule has 0 aliphatic carbocycles. The summed E-state index contributed by atoms with van der Waals surface area (Å²) in [6.07, 6.45) is -4.81. The van der Waals surface area contributed by atoms with Crippen molar-refractivity contribution >= 4 is 22.5 Å². The van der Waals surface area contributed by atoms with Crippen molar-refractivity contribution in [3.63, 3.8) is 0 Å². The van der Waals surface area contributed by atoms with Crippen LogP contribution in [0.25, 0.3) is 10.9 Å². The number of benzene rings is 1. The van der Waals surface area contributed by atoms with E-state index < -0.39 is 17.7 Å². The lowest BCUT2D eigenvalue weighted by atomic mass is 10.2. The normalized spacial score (nSPS) is 12.0. The molecule has 0 amide bonds. The Morgan fingerprint density at radius 2 is 2.00 bits per heavy atom. The fourth-order valence-corrected chi connectivity index (χ4v) is 1.40. The summed E-state index contributed by atoms with van der Waals surface area (Å²) in [6.45, 7) is 0. The summed E-state index contributed by atoms with van der Waals surface area (Å²) in [5.41, 5.74) is -1.33. The zero-order valence-electron chi connectivity index (χ0n) is 7.51. The molecule has 0 radical (unpaired) electrons. The van der Waals surface area contributed by atoms with Crippen LogP contribution in [0, 0.1) is 0 Å². The van der Waals surface area contributed by atoms with E-state index in [0.717, 1.165) is 0 Å². The van der Waals surface area contributed by atoms with Crippen LogP contribution < -0.4 is 5.63 Å². The van der Waals surface area contributed by atoms with E-state index in [-0.39, 0.29) is 15.9 Å². The molecule has 0 atom stereocenters. The molecule has 1 heterocycles. The van der Waals surface area contributed by atoms with Crippen molar-refractivity contribution in [2.45, 2.75) is 6.18 Å². The monoisotopic (exact) mass is 249 g/mol. The molecule has 0 fully saturated rings. The van der Waals surface area contributed by atoms with Crippen LogP contribution in [-0.2, 0) is 6.18 Å². The summed E-state index contributed by atoms with van der Waals surface area (Å²) < 4.78 is 40.9. The van der Waals surface area contributed by atoms with Crippen molar-refractivity contribution in [1.82, 2.24) is 4.98 Å². The van der Waals surface area contributed by atoms with Crippen LogP contribution in [0.4, 0.5) is 13.2 Å². The molecule has 0 spiro atoms. The van der Waals surface area contributed by atoms with E-state index in [0.29, 0.717) is 0 Å². The number of hydrogen-bond acceptors (Lipinski definition) is 3. The highest BCUT2D eigenvalue weighted by Crippen LogP contribution is 2.29. The summed E-state index contributed by atoms with van der Waals surface area (Å²) in [6, 6.07) is 4.06. The van der Waals surface area contributed by atoms with Crippen LogP contribution in [0.2, 0.25) is 5.02 Å². The number of hydrogen-bond donors (Lipinski definition) is 0. The highest BCUT2D eigenvalue weighted by molar-refractivity contribution is 6.34. The summed E-state index contributed by atoms with van der Waals surface area (Å²) in [7, 11) is 0. The van der Waals surface area contributed by atoms with Gasteiger partial charge in [-0.3, -0.25) is 0 Å². The number of fused-ring (bicyclic) bond motifs is 1. The lowest BCUT2D eigenvalue weighted by molar-refractivity contribution is -0.158. The smallest absolute Gasteiger partial charge is 0.398 e. The van der Waals surface area contributed by atoms with Crippen LogP contribution in [0.5, 0.6) is 0 Å². The Labute approximate surface area is 91.5 Å². The van der Waals surface area contributed by atoms with E-state index in [1.165, 1.54) is 18.2 Å². The van der Waals surface area contributed by atoms with Gasteiger partial charge in [-0.15, -0.1) is 0 Å². The minimum Gasteiger partial charge on any atom is -0.398 e. The number of alkyl halides is 3. The highest BCUT2D eigenvalue weighted by atomic mass is 35.5. The molecule has 3 nitrogen and oxygen atoms in total. The van der Waals surface area contributed by atoms with Crippen molar-refractivity contribution in [2.75, 3.05) is 0 Å². The lowest BCUT2D eigenvalue weighted by Crippen LogP contribution is -2.13. The predicted molar refractivity (Wildman–Crippen MR) is 50.3 cm³/mol. The molecule has 0 saturated heterocycles. The Bertz CT molecular complexity index is 606. The van der Waals surface area contributed by atoms with Gasteiger partial charge in [0, 0.05) is 0 Å². The van der Waals surface area contributed by atoms with Crippen molar-refractivity contribution in [1.29, 1.82) is 0 Å². The number of halogens is 4. The van der Waals surface area contributed by atoms with Gasteiger partial charge in [0.05, 0.1) is 10.4 Å². The highest BCUT2D eigenvalue weighted by Gasteiger charge is 2.37. The van der Waals surface area contributed by atoms with Gasteiger partial charge in [0.15, 0.2) is 0 Å². The molecule has 0 aliphatic heterocycles. The largest absolute Gasteiger partial charge is 0.469 e. The first-order chi connectivity index (χ1) is 7.39. The second kappa shape index (κ2) is 3.48. The molecule has 0 unspecified atom stereocenters. The second-order valence-corrected chi connectivity index (χ2v) is 3.35. The standard InChI is InChI=1S/C9H3ClF3NO2/c10-5-3-1-2-4-6(5)14-8(9(11,12)13)16-7(4)15/h1-3H. The van der Waals surface area contributed by atoms with E-state index in [4.69, 9.17) is 11.6 Å². The zero-order chi connectivity index (χ0) is 11.9. The fourth-order valence-electron chi connectivity index (χ4n) is 1.18. The van der Waals surface area contributed by atoms with E-state index in [1.807, 2.05) is 0 Å². The summed E-state index contributed by atoms with van der Waals surface area (Å²) in [5.74, 6) is -1.60. The summed E-state index contributed by atoms with van der Waals surface area (Å²) in [4.78, 5) is 14.4. The van der Waals surface area contributed by atoms with Gasteiger partial charge in [0.2, 0.25) is 0 Å². The molecule has 0 bridgehead atoms. The lowest BCUT2D eigenvalue weighted by Gasteiger charge is -2.04. The predicted octanol–water partition coefficient (Wildman–Crippen LogP) is 2.86. The van der Waals surface area contributed by atoms with Gasteiger partial charge in [0.1, 0.15) is 5.52 Å². The Kier molecular flexibility index (Phi) is 2.38. The first kappa shape index (κ1) is 10.9.